The lowest BCUT2D eigenvalue weighted by atomic mass is 9.91. The highest BCUT2D eigenvalue weighted by Gasteiger charge is 2.39. The van der Waals surface area contributed by atoms with Crippen molar-refractivity contribution in [1.29, 1.82) is 0 Å². The largest absolute Gasteiger partial charge is 0.386 e. The normalized spacial score (nSPS) is 42.8. The molecule has 94 valence electrons. The van der Waals surface area contributed by atoms with Gasteiger partial charge < -0.3 is 15.2 Å². The third-order valence-corrected chi connectivity index (χ3v) is 4.11. The third-order valence-electron chi connectivity index (χ3n) is 4.11. The Hall–Kier alpha value is -0.120. The fourth-order valence-electron chi connectivity index (χ4n) is 3.22. The second-order valence-corrected chi connectivity index (χ2v) is 6.56. The summed E-state index contributed by atoms with van der Waals surface area (Å²) in [6.45, 7) is 8.84. The maximum Gasteiger partial charge on any atom is 0.102 e. The van der Waals surface area contributed by atoms with Crippen molar-refractivity contribution in [2.24, 2.45) is 11.3 Å². The molecule has 0 amide bonds. The van der Waals surface area contributed by atoms with Crippen molar-refractivity contribution in [1.82, 2.24) is 5.32 Å². The van der Waals surface area contributed by atoms with Gasteiger partial charge in [-0.3, -0.25) is 0 Å². The van der Waals surface area contributed by atoms with Crippen LogP contribution in [0, 0.1) is 11.3 Å². The molecule has 1 aliphatic carbocycles. The topological polar surface area (TPSA) is 41.5 Å². The summed E-state index contributed by atoms with van der Waals surface area (Å²) in [5, 5.41) is 13.7. The van der Waals surface area contributed by atoms with E-state index in [2.05, 4.69) is 26.1 Å². The molecule has 0 bridgehead atoms. The van der Waals surface area contributed by atoms with Crippen LogP contribution in [0.4, 0.5) is 0 Å². The van der Waals surface area contributed by atoms with Gasteiger partial charge in [-0.2, -0.15) is 0 Å². The van der Waals surface area contributed by atoms with Gasteiger partial charge in [0.05, 0.1) is 6.61 Å². The van der Waals surface area contributed by atoms with Crippen LogP contribution >= 0.6 is 0 Å². The first kappa shape index (κ1) is 12.3. The molecular formula is C13H25NO2. The summed E-state index contributed by atoms with van der Waals surface area (Å²) in [6.07, 6.45) is 3.26. The second-order valence-electron chi connectivity index (χ2n) is 6.56. The summed E-state index contributed by atoms with van der Waals surface area (Å²) in [6, 6.07) is 0.555. The number of hydrogen-bond acceptors (Lipinski definition) is 3. The highest BCUT2D eigenvalue weighted by molar-refractivity contribution is 4.94. The molecule has 0 aromatic heterocycles. The first-order valence-electron chi connectivity index (χ1n) is 6.44. The molecule has 0 aromatic rings. The van der Waals surface area contributed by atoms with Crippen LogP contribution in [0.2, 0.25) is 0 Å². The SMILES string of the molecule is C[C@@H]1CC(C)(C)C[C@@H]1NC[C@]1(O)CCOC1. The summed E-state index contributed by atoms with van der Waals surface area (Å²) >= 11 is 0. The van der Waals surface area contributed by atoms with Crippen LogP contribution in [-0.2, 0) is 4.74 Å². The molecule has 2 fully saturated rings. The van der Waals surface area contributed by atoms with Gasteiger partial charge in [0.15, 0.2) is 0 Å². The Bertz CT molecular complexity index is 246. The monoisotopic (exact) mass is 227 g/mol. The van der Waals surface area contributed by atoms with Gasteiger partial charge in [-0.05, 0) is 24.2 Å². The van der Waals surface area contributed by atoms with E-state index in [1.807, 2.05) is 0 Å². The molecule has 0 radical (unpaired) electrons. The van der Waals surface area contributed by atoms with Gasteiger partial charge >= 0.3 is 0 Å². The predicted octanol–water partition coefficient (Wildman–Crippen LogP) is 1.55. The first-order chi connectivity index (χ1) is 7.40. The Labute approximate surface area is 98.6 Å². The van der Waals surface area contributed by atoms with Crippen LogP contribution in [0.25, 0.3) is 0 Å². The molecule has 1 aliphatic heterocycles. The molecule has 0 unspecified atom stereocenters. The molecular weight excluding hydrogens is 202 g/mol. The molecule has 1 saturated carbocycles. The molecule has 3 heteroatoms. The molecule has 0 spiro atoms. The minimum absolute atomic E-state index is 0.450. The Morgan fingerprint density at radius 2 is 2.12 bits per heavy atom. The van der Waals surface area contributed by atoms with Crippen LogP contribution in [0.5, 0.6) is 0 Å². The zero-order chi connectivity index (χ0) is 11.8. The van der Waals surface area contributed by atoms with Crippen molar-refractivity contribution in [2.75, 3.05) is 19.8 Å². The standard InChI is InChI=1S/C13H25NO2/c1-10-6-12(2,3)7-11(10)14-8-13(15)4-5-16-9-13/h10-11,14-15H,4-9H2,1-3H3/t10-,11+,13-/m1/s1. The van der Waals surface area contributed by atoms with E-state index in [0.717, 1.165) is 6.42 Å². The van der Waals surface area contributed by atoms with Crippen LogP contribution < -0.4 is 5.32 Å². The maximum absolute atomic E-state index is 10.2. The van der Waals surface area contributed by atoms with Gasteiger partial charge in [-0.1, -0.05) is 20.8 Å². The fraction of sp³-hybridized carbons (Fsp3) is 1.00. The fourth-order valence-corrected chi connectivity index (χ4v) is 3.22. The molecule has 0 aromatic carbocycles. The Morgan fingerprint density at radius 3 is 2.62 bits per heavy atom. The smallest absolute Gasteiger partial charge is 0.102 e. The Morgan fingerprint density at radius 1 is 1.38 bits per heavy atom. The van der Waals surface area contributed by atoms with E-state index >= 15 is 0 Å². The molecule has 2 rings (SSSR count). The summed E-state index contributed by atoms with van der Waals surface area (Å²) < 4.78 is 5.25. The summed E-state index contributed by atoms with van der Waals surface area (Å²) in [4.78, 5) is 0. The quantitative estimate of drug-likeness (QED) is 0.768. The maximum atomic E-state index is 10.2. The van der Waals surface area contributed by atoms with Gasteiger partial charge in [0, 0.05) is 25.6 Å². The van der Waals surface area contributed by atoms with E-state index < -0.39 is 5.60 Å². The third kappa shape index (κ3) is 2.76. The van der Waals surface area contributed by atoms with Crippen LogP contribution in [-0.4, -0.2) is 36.5 Å². The van der Waals surface area contributed by atoms with Crippen LogP contribution in [0.1, 0.15) is 40.0 Å². The minimum Gasteiger partial charge on any atom is -0.386 e. The number of aliphatic hydroxyl groups is 1. The van der Waals surface area contributed by atoms with Crippen LogP contribution in [0.3, 0.4) is 0 Å². The van der Waals surface area contributed by atoms with Crippen molar-refractivity contribution in [2.45, 2.75) is 51.7 Å². The van der Waals surface area contributed by atoms with E-state index in [1.165, 1.54) is 12.8 Å². The number of rotatable bonds is 3. The molecule has 1 heterocycles. The Balaban J connectivity index is 1.82. The molecule has 16 heavy (non-hydrogen) atoms. The van der Waals surface area contributed by atoms with E-state index in [9.17, 15) is 5.11 Å². The molecule has 2 N–H and O–H groups in total. The lowest BCUT2D eigenvalue weighted by molar-refractivity contribution is 0.0238. The second kappa shape index (κ2) is 4.28. The van der Waals surface area contributed by atoms with Crippen molar-refractivity contribution < 1.29 is 9.84 Å². The average molecular weight is 227 g/mol. The van der Waals surface area contributed by atoms with E-state index in [-0.39, 0.29) is 0 Å². The van der Waals surface area contributed by atoms with Crippen molar-refractivity contribution in [3.8, 4) is 0 Å². The van der Waals surface area contributed by atoms with Gasteiger partial charge in [0.2, 0.25) is 0 Å². The van der Waals surface area contributed by atoms with E-state index in [0.29, 0.717) is 37.1 Å². The Kier molecular flexibility index (Phi) is 3.30. The summed E-state index contributed by atoms with van der Waals surface area (Å²) in [5.41, 5.74) is -0.168. The van der Waals surface area contributed by atoms with Crippen molar-refractivity contribution >= 4 is 0 Å². The van der Waals surface area contributed by atoms with Crippen molar-refractivity contribution in [3.05, 3.63) is 0 Å². The van der Waals surface area contributed by atoms with E-state index in [4.69, 9.17) is 4.74 Å². The number of nitrogens with one attached hydrogen (secondary N) is 1. The molecule has 3 nitrogen and oxygen atoms in total. The summed E-state index contributed by atoms with van der Waals surface area (Å²) in [5.74, 6) is 0.709. The highest BCUT2D eigenvalue weighted by Crippen LogP contribution is 2.40. The van der Waals surface area contributed by atoms with Gasteiger partial charge in [-0.15, -0.1) is 0 Å². The lowest BCUT2D eigenvalue weighted by Crippen LogP contribution is -2.45. The molecule has 2 aliphatic rings. The highest BCUT2D eigenvalue weighted by atomic mass is 16.5. The minimum atomic E-state index is -0.619. The van der Waals surface area contributed by atoms with Gasteiger partial charge in [0.1, 0.15) is 5.60 Å². The number of ether oxygens (including phenoxy) is 1. The molecule has 1 saturated heterocycles. The average Bonchev–Trinajstić information content (AvgIpc) is 2.68. The first-order valence-corrected chi connectivity index (χ1v) is 6.44. The van der Waals surface area contributed by atoms with Crippen molar-refractivity contribution in [3.63, 3.8) is 0 Å². The molecule has 3 atom stereocenters. The zero-order valence-electron chi connectivity index (χ0n) is 10.8. The van der Waals surface area contributed by atoms with Gasteiger partial charge in [-0.25, -0.2) is 0 Å². The summed E-state index contributed by atoms with van der Waals surface area (Å²) in [7, 11) is 0. The number of hydrogen-bond donors (Lipinski definition) is 2. The zero-order valence-corrected chi connectivity index (χ0v) is 10.8. The van der Waals surface area contributed by atoms with Gasteiger partial charge in [0.25, 0.3) is 0 Å². The van der Waals surface area contributed by atoms with E-state index in [1.54, 1.807) is 0 Å². The van der Waals surface area contributed by atoms with Crippen LogP contribution in [0.15, 0.2) is 0 Å². The lowest BCUT2D eigenvalue weighted by Gasteiger charge is -2.25. The predicted molar refractivity (Wildman–Crippen MR) is 64.4 cm³/mol.